The van der Waals surface area contributed by atoms with Crippen molar-refractivity contribution < 1.29 is 0 Å². The maximum Gasteiger partial charge on any atom is 0.0538 e. The third-order valence-corrected chi connectivity index (χ3v) is 3.83. The average Bonchev–Trinajstić information content (AvgIpc) is 2.81. The number of likely N-dealkylation sites (N-methyl/N-ethyl adjacent to an activating group) is 1. The van der Waals surface area contributed by atoms with Crippen molar-refractivity contribution in [2.45, 2.75) is 39.7 Å². The lowest BCUT2D eigenvalue weighted by Crippen LogP contribution is -2.36. The Labute approximate surface area is 111 Å². The summed E-state index contributed by atoms with van der Waals surface area (Å²) in [4.78, 5) is 2.48. The molecule has 0 aliphatic heterocycles. The second-order valence-corrected chi connectivity index (χ2v) is 4.97. The van der Waals surface area contributed by atoms with Crippen molar-refractivity contribution in [3.63, 3.8) is 0 Å². The molecule has 0 amide bonds. The SMILES string of the molecule is CCC(CC)CN(CC)C(CN)c1cnn(C)c1. The van der Waals surface area contributed by atoms with E-state index < -0.39 is 0 Å². The maximum absolute atomic E-state index is 5.97. The highest BCUT2D eigenvalue weighted by Crippen LogP contribution is 2.21. The first-order valence-electron chi connectivity index (χ1n) is 7.08. The summed E-state index contributed by atoms with van der Waals surface area (Å²) >= 11 is 0. The van der Waals surface area contributed by atoms with Gasteiger partial charge in [-0.3, -0.25) is 9.58 Å². The van der Waals surface area contributed by atoms with Crippen LogP contribution in [0.4, 0.5) is 0 Å². The third kappa shape index (κ3) is 3.82. The highest BCUT2D eigenvalue weighted by molar-refractivity contribution is 5.11. The van der Waals surface area contributed by atoms with Gasteiger partial charge in [0.25, 0.3) is 0 Å². The topological polar surface area (TPSA) is 47.1 Å². The van der Waals surface area contributed by atoms with E-state index in [1.54, 1.807) is 0 Å². The normalized spacial score (nSPS) is 13.5. The first kappa shape index (κ1) is 15.2. The molecule has 1 aromatic rings. The molecule has 2 N–H and O–H groups in total. The zero-order valence-corrected chi connectivity index (χ0v) is 12.3. The molecule has 18 heavy (non-hydrogen) atoms. The Morgan fingerprint density at radius 1 is 1.33 bits per heavy atom. The quantitative estimate of drug-likeness (QED) is 0.771. The van der Waals surface area contributed by atoms with Crippen LogP contribution in [0.2, 0.25) is 0 Å². The molecule has 4 nitrogen and oxygen atoms in total. The van der Waals surface area contributed by atoms with Crippen molar-refractivity contribution in [3.8, 4) is 0 Å². The second-order valence-electron chi connectivity index (χ2n) is 4.97. The van der Waals surface area contributed by atoms with E-state index in [9.17, 15) is 0 Å². The van der Waals surface area contributed by atoms with E-state index in [4.69, 9.17) is 5.73 Å². The fourth-order valence-corrected chi connectivity index (χ4v) is 2.46. The summed E-state index contributed by atoms with van der Waals surface area (Å²) in [5, 5.41) is 4.26. The molecule has 4 heteroatoms. The summed E-state index contributed by atoms with van der Waals surface area (Å²) < 4.78 is 1.85. The van der Waals surface area contributed by atoms with Gasteiger partial charge in [-0.05, 0) is 12.5 Å². The van der Waals surface area contributed by atoms with Gasteiger partial charge >= 0.3 is 0 Å². The third-order valence-electron chi connectivity index (χ3n) is 3.83. The van der Waals surface area contributed by atoms with E-state index >= 15 is 0 Å². The van der Waals surface area contributed by atoms with Crippen LogP contribution in [0.1, 0.15) is 45.2 Å². The van der Waals surface area contributed by atoms with Crippen LogP contribution in [0.15, 0.2) is 12.4 Å². The van der Waals surface area contributed by atoms with Gasteiger partial charge in [-0.2, -0.15) is 5.10 Å². The van der Waals surface area contributed by atoms with Crippen molar-refractivity contribution in [2.24, 2.45) is 18.7 Å². The van der Waals surface area contributed by atoms with Crippen LogP contribution in [0.3, 0.4) is 0 Å². The Kier molecular flexibility index (Phi) is 6.36. The molecule has 0 radical (unpaired) electrons. The Hall–Kier alpha value is -0.870. The van der Waals surface area contributed by atoms with Gasteiger partial charge in [0.15, 0.2) is 0 Å². The monoisotopic (exact) mass is 252 g/mol. The van der Waals surface area contributed by atoms with Crippen molar-refractivity contribution in [3.05, 3.63) is 18.0 Å². The number of hydrogen-bond donors (Lipinski definition) is 1. The van der Waals surface area contributed by atoms with E-state index in [0.717, 1.165) is 19.0 Å². The molecule has 0 aromatic carbocycles. The molecule has 0 spiro atoms. The molecular formula is C14H28N4. The lowest BCUT2D eigenvalue weighted by molar-refractivity contribution is 0.174. The van der Waals surface area contributed by atoms with Crippen molar-refractivity contribution in [1.29, 1.82) is 0 Å². The summed E-state index contributed by atoms with van der Waals surface area (Å²) in [6.07, 6.45) is 6.48. The maximum atomic E-state index is 5.97. The smallest absolute Gasteiger partial charge is 0.0538 e. The van der Waals surface area contributed by atoms with E-state index in [-0.39, 0.29) is 0 Å². The fourth-order valence-electron chi connectivity index (χ4n) is 2.46. The molecule has 1 unspecified atom stereocenters. The van der Waals surface area contributed by atoms with Gasteiger partial charge in [-0.1, -0.05) is 33.6 Å². The van der Waals surface area contributed by atoms with Crippen molar-refractivity contribution in [2.75, 3.05) is 19.6 Å². The van der Waals surface area contributed by atoms with Gasteiger partial charge in [0.05, 0.1) is 12.2 Å². The van der Waals surface area contributed by atoms with Gasteiger partial charge in [0.2, 0.25) is 0 Å². The molecule has 0 bridgehead atoms. The van der Waals surface area contributed by atoms with Gasteiger partial charge in [-0.25, -0.2) is 0 Å². The number of nitrogens with zero attached hydrogens (tertiary/aromatic N) is 3. The van der Waals surface area contributed by atoms with Crippen molar-refractivity contribution in [1.82, 2.24) is 14.7 Å². The number of rotatable bonds is 8. The van der Waals surface area contributed by atoms with E-state index in [2.05, 4.69) is 37.0 Å². The molecule has 0 fully saturated rings. The Morgan fingerprint density at radius 2 is 2.00 bits per heavy atom. The van der Waals surface area contributed by atoms with Gasteiger partial charge < -0.3 is 5.73 Å². The molecule has 104 valence electrons. The predicted octanol–water partition coefficient (Wildman–Crippen LogP) is 2.18. The van der Waals surface area contributed by atoms with Crippen LogP contribution in [-0.4, -0.2) is 34.3 Å². The summed E-state index contributed by atoms with van der Waals surface area (Å²) in [6, 6.07) is 0.296. The highest BCUT2D eigenvalue weighted by Gasteiger charge is 2.21. The highest BCUT2D eigenvalue weighted by atomic mass is 15.3. The number of hydrogen-bond acceptors (Lipinski definition) is 3. The average molecular weight is 252 g/mol. The van der Waals surface area contributed by atoms with Gasteiger partial charge in [0, 0.05) is 31.9 Å². The first-order chi connectivity index (χ1) is 8.65. The summed E-state index contributed by atoms with van der Waals surface area (Å²) in [6.45, 7) is 9.56. The summed E-state index contributed by atoms with van der Waals surface area (Å²) in [5.41, 5.74) is 7.20. The van der Waals surface area contributed by atoms with E-state index in [0.29, 0.717) is 12.6 Å². The van der Waals surface area contributed by atoms with Crippen LogP contribution >= 0.6 is 0 Å². The van der Waals surface area contributed by atoms with E-state index in [1.807, 2.05) is 17.9 Å². The van der Waals surface area contributed by atoms with Crippen LogP contribution in [0.25, 0.3) is 0 Å². The lowest BCUT2D eigenvalue weighted by Gasteiger charge is -2.32. The second kappa shape index (κ2) is 7.54. The molecule has 1 atom stereocenters. The molecule has 0 aliphatic carbocycles. The molecule has 1 aromatic heterocycles. The van der Waals surface area contributed by atoms with Crippen molar-refractivity contribution >= 4 is 0 Å². The zero-order chi connectivity index (χ0) is 13.5. The Balaban J connectivity index is 2.77. The molecule has 0 saturated carbocycles. The Bertz CT molecular complexity index is 330. The van der Waals surface area contributed by atoms with Crippen LogP contribution in [0, 0.1) is 5.92 Å². The largest absolute Gasteiger partial charge is 0.329 e. The number of aryl methyl sites for hydroxylation is 1. The first-order valence-corrected chi connectivity index (χ1v) is 7.08. The number of nitrogens with two attached hydrogens (primary N) is 1. The minimum atomic E-state index is 0.296. The molecule has 0 aliphatic rings. The molecular weight excluding hydrogens is 224 g/mol. The molecule has 1 rings (SSSR count). The minimum absolute atomic E-state index is 0.296. The predicted molar refractivity (Wildman–Crippen MR) is 76.3 cm³/mol. The summed E-state index contributed by atoms with van der Waals surface area (Å²) in [5.74, 6) is 0.760. The summed E-state index contributed by atoms with van der Waals surface area (Å²) in [7, 11) is 1.95. The van der Waals surface area contributed by atoms with Crippen LogP contribution in [0.5, 0.6) is 0 Å². The Morgan fingerprint density at radius 3 is 2.39 bits per heavy atom. The minimum Gasteiger partial charge on any atom is -0.329 e. The zero-order valence-electron chi connectivity index (χ0n) is 12.3. The van der Waals surface area contributed by atoms with Gasteiger partial charge in [0.1, 0.15) is 0 Å². The molecule has 1 heterocycles. The van der Waals surface area contributed by atoms with Gasteiger partial charge in [-0.15, -0.1) is 0 Å². The number of aromatic nitrogens is 2. The standard InChI is InChI=1S/C14H28N4/c1-5-12(6-2)10-18(7-3)14(8-15)13-9-16-17(4)11-13/h9,11-12,14H,5-8,10,15H2,1-4H3. The fraction of sp³-hybridized carbons (Fsp3) is 0.786. The van der Waals surface area contributed by atoms with E-state index in [1.165, 1.54) is 18.4 Å². The van der Waals surface area contributed by atoms with Crippen LogP contribution in [-0.2, 0) is 7.05 Å². The molecule has 0 saturated heterocycles. The lowest BCUT2D eigenvalue weighted by atomic mass is 10.0. The van der Waals surface area contributed by atoms with Crippen LogP contribution < -0.4 is 5.73 Å².